The lowest BCUT2D eigenvalue weighted by Gasteiger charge is -2.19. The number of sulfonamides is 1. The molecule has 0 radical (unpaired) electrons. The van der Waals surface area contributed by atoms with Crippen LogP contribution >= 0.6 is 12.4 Å². The van der Waals surface area contributed by atoms with Gasteiger partial charge in [-0.25, -0.2) is 8.42 Å². The van der Waals surface area contributed by atoms with E-state index in [1.165, 1.54) is 0 Å². The molecule has 2 aliphatic heterocycles. The minimum Gasteiger partial charge on any atom is -0.342 e. The number of carbonyl (C=O) groups is 1. The average Bonchev–Trinajstić information content (AvgIpc) is 3.39. The second kappa shape index (κ2) is 8.69. The van der Waals surface area contributed by atoms with Crippen molar-refractivity contribution in [2.24, 2.45) is 17.6 Å². The summed E-state index contributed by atoms with van der Waals surface area (Å²) in [6, 6.07) is 7.27. The molecule has 3 unspecified atom stereocenters. The largest absolute Gasteiger partial charge is 0.342 e. The van der Waals surface area contributed by atoms with Gasteiger partial charge in [0.25, 0.3) is 0 Å². The van der Waals surface area contributed by atoms with E-state index in [1.54, 1.807) is 16.4 Å². The number of fused-ring (bicyclic) bond motifs is 1. The van der Waals surface area contributed by atoms with E-state index in [-0.39, 0.29) is 24.4 Å². The molecule has 1 saturated carbocycles. The molecule has 2 saturated heterocycles. The predicted octanol–water partition coefficient (Wildman–Crippen LogP) is 2.02. The van der Waals surface area contributed by atoms with Crippen LogP contribution in [-0.4, -0.2) is 55.8 Å². The Labute approximate surface area is 173 Å². The number of benzene rings is 1. The maximum absolute atomic E-state index is 12.6. The predicted molar refractivity (Wildman–Crippen MR) is 111 cm³/mol. The minimum absolute atomic E-state index is 0. The smallest absolute Gasteiger partial charge is 0.243 e. The fourth-order valence-corrected chi connectivity index (χ4v) is 6.34. The summed E-state index contributed by atoms with van der Waals surface area (Å²) in [5.41, 5.74) is 7.15. The summed E-state index contributed by atoms with van der Waals surface area (Å²) in [5.74, 6) is 1.24. The first kappa shape index (κ1) is 21.6. The van der Waals surface area contributed by atoms with Crippen molar-refractivity contribution >= 4 is 28.3 Å². The third-order valence-electron chi connectivity index (χ3n) is 6.52. The van der Waals surface area contributed by atoms with E-state index in [0.29, 0.717) is 42.7 Å². The van der Waals surface area contributed by atoms with Crippen LogP contribution in [0.3, 0.4) is 0 Å². The molecule has 156 valence electrons. The van der Waals surface area contributed by atoms with Gasteiger partial charge in [-0.05, 0) is 61.6 Å². The number of amides is 1. The summed E-state index contributed by atoms with van der Waals surface area (Å²) in [5, 5.41) is 0. The standard InChI is InChI=1S/C20H29N3O3S.ClH/c21-19-9-6-16-13-22(14-18(16)19)20(24)10-5-15-3-7-17(8-4-15)27(25,26)23-11-1-2-12-23;/h3-4,7-8,16,18-19H,1-2,5-6,9-14,21H2;1H. The number of nitrogens with two attached hydrogens (primary N) is 1. The van der Waals surface area contributed by atoms with E-state index in [2.05, 4.69) is 0 Å². The minimum atomic E-state index is -3.37. The van der Waals surface area contributed by atoms with E-state index >= 15 is 0 Å². The second-order valence-corrected chi connectivity index (χ2v) is 10.2. The quantitative estimate of drug-likeness (QED) is 0.779. The van der Waals surface area contributed by atoms with Crippen molar-refractivity contribution in [3.05, 3.63) is 29.8 Å². The Bertz CT molecular complexity index is 793. The van der Waals surface area contributed by atoms with Gasteiger partial charge in [0, 0.05) is 38.6 Å². The Hall–Kier alpha value is -1.15. The lowest BCUT2D eigenvalue weighted by Crippen LogP contribution is -2.33. The molecule has 2 heterocycles. The van der Waals surface area contributed by atoms with Crippen LogP contribution in [0.15, 0.2) is 29.2 Å². The molecule has 8 heteroatoms. The number of likely N-dealkylation sites (tertiary alicyclic amines) is 1. The molecular formula is C20H30ClN3O3S. The van der Waals surface area contributed by atoms with Gasteiger partial charge in [-0.3, -0.25) is 4.79 Å². The van der Waals surface area contributed by atoms with Crippen LogP contribution in [0.2, 0.25) is 0 Å². The van der Waals surface area contributed by atoms with E-state index < -0.39 is 10.0 Å². The van der Waals surface area contributed by atoms with Crippen LogP contribution in [0.25, 0.3) is 0 Å². The number of carbonyl (C=O) groups excluding carboxylic acids is 1. The van der Waals surface area contributed by atoms with Crippen molar-refractivity contribution in [3.8, 4) is 0 Å². The maximum atomic E-state index is 12.6. The molecule has 2 N–H and O–H groups in total. The number of rotatable bonds is 5. The fourth-order valence-electron chi connectivity index (χ4n) is 4.83. The maximum Gasteiger partial charge on any atom is 0.243 e. The number of hydrogen-bond donors (Lipinski definition) is 1. The molecule has 0 spiro atoms. The summed E-state index contributed by atoms with van der Waals surface area (Å²) < 4.78 is 26.7. The van der Waals surface area contributed by atoms with Gasteiger partial charge >= 0.3 is 0 Å². The van der Waals surface area contributed by atoms with Crippen molar-refractivity contribution in [3.63, 3.8) is 0 Å². The zero-order valence-electron chi connectivity index (χ0n) is 16.1. The Morgan fingerprint density at radius 3 is 2.39 bits per heavy atom. The van der Waals surface area contributed by atoms with Crippen LogP contribution < -0.4 is 5.73 Å². The Morgan fingerprint density at radius 1 is 1.07 bits per heavy atom. The van der Waals surface area contributed by atoms with Crippen molar-refractivity contribution in [2.45, 2.75) is 49.5 Å². The first-order chi connectivity index (χ1) is 12.9. The van der Waals surface area contributed by atoms with Crippen LogP contribution in [0, 0.1) is 11.8 Å². The van der Waals surface area contributed by atoms with Gasteiger partial charge in [-0.15, -0.1) is 12.4 Å². The van der Waals surface area contributed by atoms with E-state index in [1.807, 2.05) is 17.0 Å². The fraction of sp³-hybridized carbons (Fsp3) is 0.650. The van der Waals surface area contributed by atoms with Gasteiger partial charge in [0.15, 0.2) is 0 Å². The zero-order valence-corrected chi connectivity index (χ0v) is 17.8. The number of nitrogens with zero attached hydrogens (tertiary/aromatic N) is 2. The molecule has 0 bridgehead atoms. The van der Waals surface area contributed by atoms with Crippen LogP contribution in [0.1, 0.15) is 37.7 Å². The highest BCUT2D eigenvalue weighted by Gasteiger charge is 2.42. The third-order valence-corrected chi connectivity index (χ3v) is 8.43. The molecule has 6 nitrogen and oxygen atoms in total. The van der Waals surface area contributed by atoms with Gasteiger partial charge in [0.05, 0.1) is 4.90 Å². The van der Waals surface area contributed by atoms with E-state index in [0.717, 1.165) is 44.3 Å². The molecule has 1 aliphatic carbocycles. The highest BCUT2D eigenvalue weighted by atomic mass is 35.5. The van der Waals surface area contributed by atoms with Gasteiger partial charge in [-0.2, -0.15) is 4.31 Å². The molecule has 28 heavy (non-hydrogen) atoms. The molecule has 3 aliphatic rings. The Morgan fingerprint density at radius 2 is 1.75 bits per heavy atom. The zero-order chi connectivity index (χ0) is 19.0. The molecule has 1 aromatic rings. The molecule has 1 aromatic carbocycles. The SMILES string of the molecule is Cl.NC1CCC2CN(C(=O)CCc3ccc(S(=O)(=O)N4CCCC4)cc3)CC12. The van der Waals surface area contributed by atoms with Crippen molar-refractivity contribution in [1.82, 2.24) is 9.21 Å². The van der Waals surface area contributed by atoms with Gasteiger partial charge in [0.2, 0.25) is 15.9 Å². The van der Waals surface area contributed by atoms with Gasteiger partial charge < -0.3 is 10.6 Å². The summed E-state index contributed by atoms with van der Waals surface area (Å²) in [4.78, 5) is 14.9. The number of aryl methyl sites for hydroxylation is 1. The first-order valence-electron chi connectivity index (χ1n) is 10.1. The highest BCUT2D eigenvalue weighted by Crippen LogP contribution is 2.37. The molecule has 3 atom stereocenters. The van der Waals surface area contributed by atoms with E-state index in [4.69, 9.17) is 5.73 Å². The molecule has 0 aromatic heterocycles. The first-order valence-corrected chi connectivity index (χ1v) is 11.5. The summed E-state index contributed by atoms with van der Waals surface area (Å²) >= 11 is 0. The normalized spacial score (nSPS) is 27.6. The van der Waals surface area contributed by atoms with E-state index in [9.17, 15) is 13.2 Å². The van der Waals surface area contributed by atoms with Crippen molar-refractivity contribution in [1.29, 1.82) is 0 Å². The third kappa shape index (κ3) is 4.22. The van der Waals surface area contributed by atoms with Crippen LogP contribution in [0.5, 0.6) is 0 Å². The molecular weight excluding hydrogens is 398 g/mol. The summed E-state index contributed by atoms with van der Waals surface area (Å²) in [6.07, 6.45) is 5.20. The molecule has 1 amide bonds. The lowest BCUT2D eigenvalue weighted by molar-refractivity contribution is -0.130. The lowest BCUT2D eigenvalue weighted by atomic mass is 9.98. The topological polar surface area (TPSA) is 83.7 Å². The van der Waals surface area contributed by atoms with Crippen molar-refractivity contribution in [2.75, 3.05) is 26.2 Å². The molecule has 4 rings (SSSR count). The average molecular weight is 428 g/mol. The summed E-state index contributed by atoms with van der Waals surface area (Å²) in [6.45, 7) is 2.88. The van der Waals surface area contributed by atoms with Crippen LogP contribution in [0.4, 0.5) is 0 Å². The number of hydrogen-bond acceptors (Lipinski definition) is 4. The summed E-state index contributed by atoms with van der Waals surface area (Å²) in [7, 11) is -3.37. The van der Waals surface area contributed by atoms with Crippen molar-refractivity contribution < 1.29 is 13.2 Å². The Kier molecular flexibility index (Phi) is 6.69. The van der Waals surface area contributed by atoms with Crippen LogP contribution in [-0.2, 0) is 21.2 Å². The number of halogens is 1. The monoisotopic (exact) mass is 427 g/mol. The van der Waals surface area contributed by atoms with Gasteiger partial charge in [-0.1, -0.05) is 12.1 Å². The van der Waals surface area contributed by atoms with Gasteiger partial charge in [0.1, 0.15) is 0 Å². The molecule has 3 fully saturated rings. The highest BCUT2D eigenvalue weighted by molar-refractivity contribution is 7.89. The Balaban J connectivity index is 0.00000225. The second-order valence-electron chi connectivity index (χ2n) is 8.22.